The molecular weight excluding hydrogens is 336 g/mol. The number of carbonyl (C=O) groups excluding carboxylic acids is 1. The molecule has 1 aliphatic heterocycles. The molecule has 0 unspecified atom stereocenters. The van der Waals surface area contributed by atoms with Crippen molar-refractivity contribution in [3.05, 3.63) is 35.5 Å². The second kappa shape index (κ2) is 6.21. The van der Waals surface area contributed by atoms with Gasteiger partial charge in [-0.2, -0.15) is 19.9 Å². The van der Waals surface area contributed by atoms with Gasteiger partial charge in [-0.3, -0.25) is 4.79 Å². The summed E-state index contributed by atoms with van der Waals surface area (Å²) in [7, 11) is 1.74. The summed E-state index contributed by atoms with van der Waals surface area (Å²) in [5.74, 6) is 1.41. The van der Waals surface area contributed by atoms with E-state index in [1.165, 1.54) is 10.7 Å². The van der Waals surface area contributed by atoms with Crippen LogP contribution in [0.2, 0.25) is 0 Å². The van der Waals surface area contributed by atoms with Crippen LogP contribution in [0.5, 0.6) is 5.88 Å². The highest BCUT2D eigenvalue weighted by Crippen LogP contribution is 2.24. The SMILES string of the molecule is CNc1cc2nc3c(cnn13)C(=O)NCCOc1ccc(C#N)c(n1)N2. The number of rotatable bonds is 1. The maximum absolute atomic E-state index is 12.4. The quantitative estimate of drug-likeness (QED) is 0.590. The Morgan fingerprint density at radius 3 is 3.08 bits per heavy atom. The molecule has 3 N–H and O–H groups in total. The molecule has 130 valence electrons. The predicted molar refractivity (Wildman–Crippen MR) is 92.6 cm³/mol. The Bertz CT molecular complexity index is 1050. The minimum absolute atomic E-state index is 0.237. The lowest BCUT2D eigenvalue weighted by Crippen LogP contribution is -2.28. The van der Waals surface area contributed by atoms with E-state index in [4.69, 9.17) is 4.74 Å². The first-order valence-corrected chi connectivity index (χ1v) is 7.85. The third-order valence-corrected chi connectivity index (χ3v) is 3.85. The Hall–Kier alpha value is -3.87. The van der Waals surface area contributed by atoms with Crippen LogP contribution in [0.15, 0.2) is 24.4 Å². The summed E-state index contributed by atoms with van der Waals surface area (Å²) in [6.07, 6.45) is 1.46. The van der Waals surface area contributed by atoms with Crippen molar-refractivity contribution in [1.29, 1.82) is 5.26 Å². The zero-order valence-corrected chi connectivity index (χ0v) is 13.8. The Balaban J connectivity index is 1.91. The van der Waals surface area contributed by atoms with Gasteiger partial charge in [-0.15, -0.1) is 0 Å². The largest absolute Gasteiger partial charge is 0.476 e. The number of nitrogens with zero attached hydrogens (tertiary/aromatic N) is 5. The van der Waals surface area contributed by atoms with Gasteiger partial charge in [0.1, 0.15) is 29.9 Å². The van der Waals surface area contributed by atoms with Crippen molar-refractivity contribution in [2.24, 2.45) is 0 Å². The Morgan fingerprint density at radius 1 is 1.38 bits per heavy atom. The van der Waals surface area contributed by atoms with Gasteiger partial charge in [-0.25, -0.2) is 4.98 Å². The first-order chi connectivity index (χ1) is 12.7. The molecule has 4 bridgehead atoms. The van der Waals surface area contributed by atoms with Crippen molar-refractivity contribution in [3.8, 4) is 11.9 Å². The van der Waals surface area contributed by atoms with Crippen LogP contribution in [0, 0.1) is 11.3 Å². The normalized spacial score (nSPS) is 13.5. The van der Waals surface area contributed by atoms with Crippen molar-refractivity contribution in [1.82, 2.24) is 24.9 Å². The molecule has 1 aliphatic rings. The molecule has 0 fully saturated rings. The number of ether oxygens (including phenoxy) is 1. The van der Waals surface area contributed by atoms with E-state index in [9.17, 15) is 10.1 Å². The Morgan fingerprint density at radius 2 is 2.27 bits per heavy atom. The van der Waals surface area contributed by atoms with E-state index in [0.717, 1.165) is 0 Å². The molecule has 0 aromatic carbocycles. The molecule has 10 heteroatoms. The lowest BCUT2D eigenvalue weighted by Gasteiger charge is -2.11. The molecule has 0 saturated heterocycles. The van der Waals surface area contributed by atoms with Crippen LogP contribution >= 0.6 is 0 Å². The van der Waals surface area contributed by atoms with Crippen LogP contribution < -0.4 is 20.7 Å². The van der Waals surface area contributed by atoms with Crippen LogP contribution in [-0.4, -0.2) is 45.7 Å². The fourth-order valence-electron chi connectivity index (χ4n) is 2.61. The number of anilines is 3. The smallest absolute Gasteiger partial charge is 0.256 e. The minimum Gasteiger partial charge on any atom is -0.476 e. The van der Waals surface area contributed by atoms with Crippen molar-refractivity contribution >= 4 is 29.0 Å². The molecule has 10 nitrogen and oxygen atoms in total. The van der Waals surface area contributed by atoms with E-state index in [1.807, 2.05) is 0 Å². The number of pyridine rings is 1. The summed E-state index contributed by atoms with van der Waals surface area (Å²) < 4.78 is 7.07. The Kier molecular flexibility index (Phi) is 3.74. The zero-order valence-electron chi connectivity index (χ0n) is 13.8. The van der Waals surface area contributed by atoms with Crippen molar-refractivity contribution in [2.75, 3.05) is 30.8 Å². The number of amides is 1. The fraction of sp³-hybridized carbons (Fsp3) is 0.188. The molecule has 0 spiro atoms. The van der Waals surface area contributed by atoms with E-state index < -0.39 is 0 Å². The van der Waals surface area contributed by atoms with Crippen LogP contribution in [0.25, 0.3) is 5.65 Å². The van der Waals surface area contributed by atoms with E-state index >= 15 is 0 Å². The lowest BCUT2D eigenvalue weighted by atomic mass is 10.2. The van der Waals surface area contributed by atoms with Gasteiger partial charge in [-0.05, 0) is 6.07 Å². The first-order valence-electron chi connectivity index (χ1n) is 7.85. The van der Waals surface area contributed by atoms with E-state index in [1.54, 1.807) is 25.2 Å². The molecule has 3 aromatic heterocycles. The maximum Gasteiger partial charge on any atom is 0.256 e. The third-order valence-electron chi connectivity index (χ3n) is 3.85. The first kappa shape index (κ1) is 15.6. The summed E-state index contributed by atoms with van der Waals surface area (Å²) >= 11 is 0. The average molecular weight is 350 g/mol. The topological polar surface area (TPSA) is 129 Å². The number of aromatic nitrogens is 4. The average Bonchev–Trinajstić information content (AvgIpc) is 3.08. The van der Waals surface area contributed by atoms with Crippen LogP contribution in [0.1, 0.15) is 15.9 Å². The molecule has 0 atom stereocenters. The molecule has 4 rings (SSSR count). The summed E-state index contributed by atoms with van der Waals surface area (Å²) in [6, 6.07) is 7.01. The van der Waals surface area contributed by atoms with E-state index in [-0.39, 0.29) is 12.5 Å². The van der Waals surface area contributed by atoms with Gasteiger partial charge in [0.05, 0.1) is 18.3 Å². The second-order valence-corrected chi connectivity index (χ2v) is 5.46. The number of fused-ring (bicyclic) bond motifs is 3. The molecule has 26 heavy (non-hydrogen) atoms. The zero-order chi connectivity index (χ0) is 18.1. The highest BCUT2D eigenvalue weighted by atomic mass is 16.5. The van der Waals surface area contributed by atoms with Crippen molar-refractivity contribution in [2.45, 2.75) is 0 Å². The van der Waals surface area contributed by atoms with Crippen LogP contribution in [0.3, 0.4) is 0 Å². The summed E-state index contributed by atoms with van der Waals surface area (Å²) in [4.78, 5) is 21.2. The van der Waals surface area contributed by atoms with Gasteiger partial charge in [0.2, 0.25) is 5.88 Å². The highest BCUT2D eigenvalue weighted by molar-refractivity contribution is 6.00. The van der Waals surface area contributed by atoms with Gasteiger partial charge in [-0.1, -0.05) is 0 Å². The molecule has 1 amide bonds. The second-order valence-electron chi connectivity index (χ2n) is 5.46. The molecule has 0 saturated carbocycles. The highest BCUT2D eigenvalue weighted by Gasteiger charge is 2.18. The van der Waals surface area contributed by atoms with Gasteiger partial charge >= 0.3 is 0 Å². The van der Waals surface area contributed by atoms with Gasteiger partial charge in [0, 0.05) is 19.2 Å². The van der Waals surface area contributed by atoms with Gasteiger partial charge < -0.3 is 20.7 Å². The maximum atomic E-state index is 12.4. The molecule has 3 aromatic rings. The van der Waals surface area contributed by atoms with E-state index in [2.05, 4.69) is 37.1 Å². The van der Waals surface area contributed by atoms with Gasteiger partial charge in [0.25, 0.3) is 5.91 Å². The lowest BCUT2D eigenvalue weighted by molar-refractivity contribution is 0.0948. The number of hydrogen-bond donors (Lipinski definition) is 3. The monoisotopic (exact) mass is 350 g/mol. The number of carbonyl (C=O) groups is 1. The number of nitrogens with one attached hydrogen (secondary N) is 3. The van der Waals surface area contributed by atoms with Crippen LogP contribution in [-0.2, 0) is 0 Å². The van der Waals surface area contributed by atoms with E-state index in [0.29, 0.717) is 46.7 Å². The fourth-order valence-corrected chi connectivity index (χ4v) is 2.61. The van der Waals surface area contributed by atoms with Crippen LogP contribution in [0.4, 0.5) is 17.5 Å². The number of nitriles is 1. The standard InChI is InChI=1S/C16H14N8O2/c1-18-12-6-11-21-14-9(7-17)2-3-13(23-14)26-5-4-19-16(25)10-8-20-24(12)15(10)22-11/h2-3,6,8,18H,4-5H2,1H3,(H,19,25)(H,21,22,23). The summed E-state index contributed by atoms with van der Waals surface area (Å²) in [5, 5.41) is 22.3. The predicted octanol–water partition coefficient (Wildman–Crippen LogP) is 0.903. The molecule has 0 aliphatic carbocycles. The van der Waals surface area contributed by atoms with Gasteiger partial charge in [0.15, 0.2) is 11.5 Å². The molecular formula is C16H14N8O2. The molecule has 4 heterocycles. The van der Waals surface area contributed by atoms with Crippen molar-refractivity contribution in [3.63, 3.8) is 0 Å². The summed E-state index contributed by atoms with van der Waals surface area (Å²) in [5.41, 5.74) is 1.07. The third kappa shape index (κ3) is 2.61. The minimum atomic E-state index is -0.299. The summed E-state index contributed by atoms with van der Waals surface area (Å²) in [6.45, 7) is 0.528. The Labute approximate surface area is 147 Å². The van der Waals surface area contributed by atoms with Crippen molar-refractivity contribution < 1.29 is 9.53 Å². The molecule has 0 radical (unpaired) electrons. The number of hydrogen-bond acceptors (Lipinski definition) is 8.